The quantitative estimate of drug-likeness (QED) is 0.763. The molecule has 0 bridgehead atoms. The fourth-order valence-electron chi connectivity index (χ4n) is 2.42. The number of anilines is 1. The van der Waals surface area contributed by atoms with E-state index in [1.54, 1.807) is 31.3 Å². The Kier molecular flexibility index (Phi) is 5.12. The van der Waals surface area contributed by atoms with Crippen LogP contribution in [0.5, 0.6) is 0 Å². The van der Waals surface area contributed by atoms with Crippen LogP contribution in [0.15, 0.2) is 24.3 Å². The summed E-state index contributed by atoms with van der Waals surface area (Å²) in [5, 5.41) is 8.64. The monoisotopic (exact) mass is 275 g/mol. The molecule has 1 aliphatic rings. The molecule has 108 valence electrons. The van der Waals surface area contributed by atoms with Crippen molar-refractivity contribution in [3.8, 4) is 0 Å². The molecule has 0 radical (unpaired) electrons. The number of carbonyl (C=O) groups is 2. The molecule has 1 fully saturated rings. The van der Waals surface area contributed by atoms with Gasteiger partial charge in [-0.2, -0.15) is 0 Å². The average Bonchev–Trinajstić information content (AvgIpc) is 2.98. The van der Waals surface area contributed by atoms with E-state index in [1.165, 1.54) is 12.8 Å². The van der Waals surface area contributed by atoms with E-state index in [2.05, 4.69) is 16.0 Å². The lowest BCUT2D eigenvalue weighted by molar-refractivity contribution is -0.115. The SMILES string of the molecule is CNC(=O)c1ccc(NC(=O)CNC2CCCC2)cc1. The summed E-state index contributed by atoms with van der Waals surface area (Å²) in [6, 6.07) is 7.34. The highest BCUT2D eigenvalue weighted by Crippen LogP contribution is 2.17. The third-order valence-corrected chi connectivity index (χ3v) is 3.56. The number of nitrogens with one attached hydrogen (secondary N) is 3. The summed E-state index contributed by atoms with van der Waals surface area (Å²) < 4.78 is 0. The van der Waals surface area contributed by atoms with Crippen molar-refractivity contribution in [2.45, 2.75) is 31.7 Å². The van der Waals surface area contributed by atoms with Gasteiger partial charge in [-0.25, -0.2) is 0 Å². The number of amides is 2. The Hall–Kier alpha value is -1.88. The first-order valence-electron chi connectivity index (χ1n) is 7.04. The molecule has 20 heavy (non-hydrogen) atoms. The van der Waals surface area contributed by atoms with Crippen molar-refractivity contribution in [1.29, 1.82) is 0 Å². The number of rotatable bonds is 5. The van der Waals surface area contributed by atoms with Gasteiger partial charge in [0.15, 0.2) is 0 Å². The Morgan fingerprint density at radius 1 is 1.15 bits per heavy atom. The summed E-state index contributed by atoms with van der Waals surface area (Å²) in [4.78, 5) is 23.2. The van der Waals surface area contributed by atoms with Crippen LogP contribution in [-0.4, -0.2) is 31.4 Å². The molecule has 0 atom stereocenters. The highest BCUT2D eigenvalue weighted by atomic mass is 16.2. The van der Waals surface area contributed by atoms with E-state index < -0.39 is 0 Å². The second kappa shape index (κ2) is 7.05. The number of benzene rings is 1. The zero-order valence-electron chi connectivity index (χ0n) is 11.7. The second-order valence-corrected chi connectivity index (χ2v) is 5.07. The Balaban J connectivity index is 1.80. The smallest absolute Gasteiger partial charge is 0.251 e. The molecule has 0 heterocycles. The lowest BCUT2D eigenvalue weighted by Crippen LogP contribution is -2.34. The molecule has 0 spiro atoms. The van der Waals surface area contributed by atoms with E-state index in [1.807, 2.05) is 0 Å². The van der Waals surface area contributed by atoms with E-state index in [0.29, 0.717) is 23.8 Å². The van der Waals surface area contributed by atoms with Crippen LogP contribution < -0.4 is 16.0 Å². The van der Waals surface area contributed by atoms with Gasteiger partial charge in [-0.3, -0.25) is 9.59 Å². The molecule has 0 aliphatic heterocycles. The van der Waals surface area contributed by atoms with Gasteiger partial charge in [-0.15, -0.1) is 0 Å². The van der Waals surface area contributed by atoms with Gasteiger partial charge >= 0.3 is 0 Å². The van der Waals surface area contributed by atoms with E-state index in [9.17, 15) is 9.59 Å². The Labute approximate surface area is 119 Å². The summed E-state index contributed by atoms with van der Waals surface area (Å²) in [5.74, 6) is -0.185. The van der Waals surface area contributed by atoms with Crippen LogP contribution in [0.3, 0.4) is 0 Å². The summed E-state index contributed by atoms with van der Waals surface area (Å²) in [5.41, 5.74) is 1.28. The maximum Gasteiger partial charge on any atom is 0.251 e. The molecule has 1 aromatic rings. The molecular formula is C15H21N3O2. The van der Waals surface area contributed by atoms with Gasteiger partial charge in [0.05, 0.1) is 6.54 Å². The molecule has 0 unspecified atom stereocenters. The lowest BCUT2D eigenvalue weighted by atomic mass is 10.2. The highest BCUT2D eigenvalue weighted by molar-refractivity contribution is 5.96. The summed E-state index contributed by atoms with van der Waals surface area (Å²) in [7, 11) is 1.59. The molecule has 5 nitrogen and oxygen atoms in total. The van der Waals surface area contributed by atoms with Crippen LogP contribution in [0, 0.1) is 0 Å². The number of carbonyl (C=O) groups excluding carboxylic acids is 2. The van der Waals surface area contributed by atoms with E-state index in [-0.39, 0.29) is 11.8 Å². The minimum Gasteiger partial charge on any atom is -0.355 e. The molecule has 2 amide bonds. The van der Waals surface area contributed by atoms with Crippen LogP contribution in [0.25, 0.3) is 0 Å². The van der Waals surface area contributed by atoms with Crippen molar-refractivity contribution in [3.05, 3.63) is 29.8 Å². The third kappa shape index (κ3) is 4.06. The first-order chi connectivity index (χ1) is 9.69. The maximum atomic E-state index is 11.8. The first kappa shape index (κ1) is 14.5. The predicted octanol–water partition coefficient (Wildman–Crippen LogP) is 1.52. The van der Waals surface area contributed by atoms with Crippen molar-refractivity contribution in [2.24, 2.45) is 0 Å². The number of hydrogen-bond donors (Lipinski definition) is 3. The van der Waals surface area contributed by atoms with Crippen molar-refractivity contribution < 1.29 is 9.59 Å². The summed E-state index contributed by atoms with van der Waals surface area (Å²) >= 11 is 0. The third-order valence-electron chi connectivity index (χ3n) is 3.56. The van der Waals surface area contributed by atoms with Gasteiger partial charge < -0.3 is 16.0 Å². The molecule has 1 aromatic carbocycles. The normalized spacial score (nSPS) is 15.1. The molecular weight excluding hydrogens is 254 g/mol. The summed E-state index contributed by atoms with van der Waals surface area (Å²) in [6.07, 6.45) is 4.82. The fraction of sp³-hybridized carbons (Fsp3) is 0.467. The Morgan fingerprint density at radius 2 is 1.80 bits per heavy atom. The average molecular weight is 275 g/mol. The van der Waals surface area contributed by atoms with Crippen molar-refractivity contribution in [3.63, 3.8) is 0 Å². The van der Waals surface area contributed by atoms with Gasteiger partial charge in [-0.1, -0.05) is 12.8 Å². The van der Waals surface area contributed by atoms with Crippen molar-refractivity contribution in [1.82, 2.24) is 10.6 Å². The van der Waals surface area contributed by atoms with Crippen molar-refractivity contribution >= 4 is 17.5 Å². The van der Waals surface area contributed by atoms with Crippen LogP contribution in [0.1, 0.15) is 36.0 Å². The molecule has 1 aliphatic carbocycles. The van der Waals surface area contributed by atoms with Gasteiger partial charge in [0.25, 0.3) is 5.91 Å². The molecule has 0 aromatic heterocycles. The van der Waals surface area contributed by atoms with Gasteiger partial charge in [0.1, 0.15) is 0 Å². The van der Waals surface area contributed by atoms with Crippen LogP contribution in [-0.2, 0) is 4.79 Å². The predicted molar refractivity (Wildman–Crippen MR) is 78.7 cm³/mol. The standard InChI is InChI=1S/C15H21N3O2/c1-16-15(20)11-6-8-13(9-7-11)18-14(19)10-17-12-4-2-3-5-12/h6-9,12,17H,2-5,10H2,1H3,(H,16,20)(H,18,19). The maximum absolute atomic E-state index is 11.8. The topological polar surface area (TPSA) is 70.2 Å². The molecule has 5 heteroatoms. The van der Waals surface area contributed by atoms with Crippen molar-refractivity contribution in [2.75, 3.05) is 18.9 Å². The van der Waals surface area contributed by atoms with Gasteiger partial charge in [-0.05, 0) is 37.1 Å². The van der Waals surface area contributed by atoms with Crippen LogP contribution >= 0.6 is 0 Å². The van der Waals surface area contributed by atoms with Gasteiger partial charge in [0.2, 0.25) is 5.91 Å². The Bertz CT molecular complexity index is 465. The number of hydrogen-bond acceptors (Lipinski definition) is 3. The Morgan fingerprint density at radius 3 is 2.40 bits per heavy atom. The fourth-order valence-corrected chi connectivity index (χ4v) is 2.42. The molecule has 1 saturated carbocycles. The van der Waals surface area contributed by atoms with Crippen LogP contribution in [0.2, 0.25) is 0 Å². The molecule has 0 saturated heterocycles. The minimum atomic E-state index is -0.134. The zero-order chi connectivity index (χ0) is 14.4. The first-order valence-corrected chi connectivity index (χ1v) is 7.04. The van der Waals surface area contributed by atoms with Gasteiger partial charge in [0, 0.05) is 24.3 Å². The zero-order valence-corrected chi connectivity index (χ0v) is 11.7. The van der Waals surface area contributed by atoms with Crippen LogP contribution in [0.4, 0.5) is 5.69 Å². The second-order valence-electron chi connectivity index (χ2n) is 5.07. The molecule has 2 rings (SSSR count). The largest absolute Gasteiger partial charge is 0.355 e. The van der Waals surface area contributed by atoms with E-state index >= 15 is 0 Å². The van der Waals surface area contributed by atoms with E-state index in [0.717, 1.165) is 12.8 Å². The highest BCUT2D eigenvalue weighted by Gasteiger charge is 2.15. The van der Waals surface area contributed by atoms with E-state index in [4.69, 9.17) is 0 Å². The lowest BCUT2D eigenvalue weighted by Gasteiger charge is -2.11. The summed E-state index contributed by atoms with van der Waals surface area (Å²) in [6.45, 7) is 0.335. The molecule has 3 N–H and O–H groups in total. The minimum absolute atomic E-state index is 0.0513.